The van der Waals surface area contributed by atoms with Crippen LogP contribution in [0.1, 0.15) is 41.3 Å². The van der Waals surface area contributed by atoms with Gasteiger partial charge in [0.05, 0.1) is 13.2 Å². The van der Waals surface area contributed by atoms with Gasteiger partial charge in [0.25, 0.3) is 0 Å². The molecule has 1 N–H and O–H groups in total. The first-order valence-electron chi connectivity index (χ1n) is 8.12. The van der Waals surface area contributed by atoms with Gasteiger partial charge in [0.1, 0.15) is 30.7 Å². The summed E-state index contributed by atoms with van der Waals surface area (Å²) in [5.41, 5.74) is -0.195. The predicted molar refractivity (Wildman–Crippen MR) is 94.3 cm³/mol. The average Bonchev–Trinajstić information content (AvgIpc) is 2.61. The maximum absolute atomic E-state index is 14.5. The summed E-state index contributed by atoms with van der Waals surface area (Å²) < 4.78 is 25.4. The lowest BCUT2D eigenvalue weighted by molar-refractivity contribution is 0.0728. The van der Waals surface area contributed by atoms with Crippen molar-refractivity contribution in [3.8, 4) is 11.5 Å². The van der Waals surface area contributed by atoms with Gasteiger partial charge in [0.2, 0.25) is 0 Å². The highest BCUT2D eigenvalue weighted by molar-refractivity contribution is 6.36. The third-order valence-corrected chi connectivity index (χ3v) is 3.83. The highest BCUT2D eigenvalue weighted by Crippen LogP contribution is 2.27. The number of halogens is 1. The van der Waals surface area contributed by atoms with Gasteiger partial charge >= 0.3 is 5.97 Å². The number of ether oxygens (including phenoxy) is 2. The minimum Gasteiger partial charge on any atom is -0.493 e. The normalized spacial score (nSPS) is 10.6. The van der Waals surface area contributed by atoms with Crippen molar-refractivity contribution < 1.29 is 23.8 Å². The van der Waals surface area contributed by atoms with E-state index in [1.165, 1.54) is 6.92 Å². The Labute approximate surface area is 148 Å². The second-order valence-electron chi connectivity index (χ2n) is 5.60. The topological polar surface area (TPSA) is 55.8 Å². The smallest absolute Gasteiger partial charge is 0.347 e. The molecule has 4 nitrogen and oxygen atoms in total. The summed E-state index contributed by atoms with van der Waals surface area (Å²) in [7, 11) is 5.95. The van der Waals surface area contributed by atoms with E-state index in [1.807, 2.05) is 6.92 Å². The zero-order valence-corrected chi connectivity index (χ0v) is 14.3. The maximum Gasteiger partial charge on any atom is 0.347 e. The van der Waals surface area contributed by atoms with Gasteiger partial charge in [0.15, 0.2) is 0 Å². The molecule has 2 aromatic rings. The number of rotatable bonds is 7. The maximum atomic E-state index is 14.5. The Bertz CT molecular complexity index is 747. The summed E-state index contributed by atoms with van der Waals surface area (Å²) in [6.07, 6.45) is 1.63. The summed E-state index contributed by atoms with van der Waals surface area (Å²) in [5.74, 6) is -1.11. The number of hydrogen-bond donors (Lipinski definition) is 1. The van der Waals surface area contributed by atoms with Crippen molar-refractivity contribution in [2.45, 2.75) is 33.3 Å². The Balaban J connectivity index is 2.48. The SMILES string of the molecule is [B]c1c(CO)c(F)c(C)c(C(=O)Oc2ccccc2)c1OCCCC. The molecule has 2 rings (SSSR count). The van der Waals surface area contributed by atoms with Crippen LogP contribution in [0.15, 0.2) is 30.3 Å². The van der Waals surface area contributed by atoms with Gasteiger partial charge in [-0.25, -0.2) is 9.18 Å². The Kier molecular flexibility index (Phi) is 6.59. The van der Waals surface area contributed by atoms with E-state index >= 15 is 0 Å². The minimum absolute atomic E-state index is 0.0330. The lowest BCUT2D eigenvalue weighted by atomic mass is 9.85. The van der Waals surface area contributed by atoms with Crippen molar-refractivity contribution in [3.05, 3.63) is 52.8 Å². The molecule has 0 saturated heterocycles. The Morgan fingerprint density at radius 3 is 2.56 bits per heavy atom. The van der Waals surface area contributed by atoms with E-state index in [9.17, 15) is 14.3 Å². The van der Waals surface area contributed by atoms with Crippen LogP contribution < -0.4 is 14.9 Å². The average molecular weight is 342 g/mol. The third-order valence-electron chi connectivity index (χ3n) is 3.83. The number of para-hydroxylation sites is 1. The molecule has 0 unspecified atom stereocenters. The number of hydrogen-bond acceptors (Lipinski definition) is 4. The molecule has 0 heterocycles. The molecule has 2 aromatic carbocycles. The lowest BCUT2D eigenvalue weighted by Gasteiger charge is -2.19. The van der Waals surface area contributed by atoms with Gasteiger partial charge in [-0.05, 0) is 30.9 Å². The fourth-order valence-corrected chi connectivity index (χ4v) is 2.41. The number of esters is 1. The van der Waals surface area contributed by atoms with E-state index in [-0.39, 0.29) is 27.9 Å². The van der Waals surface area contributed by atoms with Gasteiger partial charge < -0.3 is 14.6 Å². The molecule has 0 aliphatic rings. The van der Waals surface area contributed by atoms with Gasteiger partial charge in [-0.1, -0.05) is 31.5 Å². The van der Waals surface area contributed by atoms with Crippen LogP contribution in [0.2, 0.25) is 0 Å². The minimum atomic E-state index is -0.759. The van der Waals surface area contributed by atoms with Crippen molar-refractivity contribution in [1.82, 2.24) is 0 Å². The van der Waals surface area contributed by atoms with Gasteiger partial charge in [-0.15, -0.1) is 0 Å². The largest absolute Gasteiger partial charge is 0.493 e. The van der Waals surface area contributed by atoms with Crippen LogP contribution in [0, 0.1) is 12.7 Å². The van der Waals surface area contributed by atoms with Crippen LogP contribution >= 0.6 is 0 Å². The molecule has 0 spiro atoms. The predicted octanol–water partition coefficient (Wildman–Crippen LogP) is 2.82. The number of aliphatic hydroxyl groups excluding tert-OH is 1. The molecule has 0 aliphatic carbocycles. The molecule has 25 heavy (non-hydrogen) atoms. The van der Waals surface area contributed by atoms with Crippen LogP contribution in [0.5, 0.6) is 11.5 Å². The second-order valence-corrected chi connectivity index (χ2v) is 5.60. The van der Waals surface area contributed by atoms with Crippen LogP contribution in [0.25, 0.3) is 0 Å². The zero-order chi connectivity index (χ0) is 18.4. The van der Waals surface area contributed by atoms with Crippen LogP contribution in [-0.2, 0) is 6.61 Å². The lowest BCUT2D eigenvalue weighted by Crippen LogP contribution is -2.25. The number of unbranched alkanes of at least 4 members (excludes halogenated alkanes) is 1. The van der Waals surface area contributed by atoms with E-state index in [0.29, 0.717) is 12.4 Å². The number of benzene rings is 2. The van der Waals surface area contributed by atoms with Crippen molar-refractivity contribution >= 4 is 19.3 Å². The molecule has 2 radical (unpaired) electrons. The van der Waals surface area contributed by atoms with E-state index < -0.39 is 18.4 Å². The highest BCUT2D eigenvalue weighted by Gasteiger charge is 2.26. The van der Waals surface area contributed by atoms with Gasteiger partial charge in [0, 0.05) is 11.1 Å². The van der Waals surface area contributed by atoms with Crippen LogP contribution in [0.3, 0.4) is 0 Å². The quantitative estimate of drug-likeness (QED) is 0.364. The molecular formula is C19H20BFO4. The number of carbonyl (C=O) groups excluding carboxylic acids is 1. The summed E-state index contributed by atoms with van der Waals surface area (Å²) in [5, 5.41) is 9.39. The molecule has 0 fully saturated rings. The molecule has 0 aliphatic heterocycles. The fourth-order valence-electron chi connectivity index (χ4n) is 2.41. The molecule has 0 atom stereocenters. The summed E-state index contributed by atoms with van der Waals surface area (Å²) >= 11 is 0. The van der Waals surface area contributed by atoms with Gasteiger partial charge in [-0.2, -0.15) is 0 Å². The number of aliphatic hydroxyl groups is 1. The summed E-state index contributed by atoms with van der Waals surface area (Å²) in [6, 6.07) is 8.46. The molecule has 0 bridgehead atoms. The molecule has 0 amide bonds. The molecule has 0 saturated carbocycles. The summed E-state index contributed by atoms with van der Waals surface area (Å²) in [4.78, 5) is 12.6. The third kappa shape index (κ3) is 4.20. The molecule has 0 aromatic heterocycles. The molecule has 6 heteroatoms. The Morgan fingerprint density at radius 2 is 1.96 bits per heavy atom. The highest BCUT2D eigenvalue weighted by atomic mass is 19.1. The van der Waals surface area contributed by atoms with E-state index in [2.05, 4.69) is 0 Å². The monoisotopic (exact) mass is 342 g/mol. The van der Waals surface area contributed by atoms with Crippen molar-refractivity contribution in [2.75, 3.05) is 6.61 Å². The molecule has 130 valence electrons. The van der Waals surface area contributed by atoms with E-state index in [1.54, 1.807) is 30.3 Å². The Hall–Kier alpha value is -2.34. The summed E-state index contributed by atoms with van der Waals surface area (Å²) in [6.45, 7) is 3.16. The van der Waals surface area contributed by atoms with Crippen LogP contribution in [-0.4, -0.2) is 25.5 Å². The first-order chi connectivity index (χ1) is 12.0. The zero-order valence-electron chi connectivity index (χ0n) is 14.3. The fraction of sp³-hybridized carbons (Fsp3) is 0.316. The van der Waals surface area contributed by atoms with E-state index in [0.717, 1.165) is 12.8 Å². The van der Waals surface area contributed by atoms with Crippen LogP contribution in [0.4, 0.5) is 4.39 Å². The first kappa shape index (κ1) is 19.0. The Morgan fingerprint density at radius 1 is 1.28 bits per heavy atom. The number of carbonyl (C=O) groups is 1. The van der Waals surface area contributed by atoms with E-state index in [4.69, 9.17) is 17.3 Å². The van der Waals surface area contributed by atoms with Crippen molar-refractivity contribution in [3.63, 3.8) is 0 Å². The van der Waals surface area contributed by atoms with Gasteiger partial charge in [-0.3, -0.25) is 0 Å². The molecular weight excluding hydrogens is 322 g/mol. The van der Waals surface area contributed by atoms with Crippen molar-refractivity contribution in [2.24, 2.45) is 0 Å². The van der Waals surface area contributed by atoms with Crippen molar-refractivity contribution in [1.29, 1.82) is 0 Å². The standard InChI is InChI=1S/C19H20BFO4/c1-3-4-10-24-18-15(12(2)17(21)14(11-22)16(18)20)19(23)25-13-8-6-5-7-9-13/h5-9,22H,3-4,10-11H2,1-2H3. The first-order valence-corrected chi connectivity index (χ1v) is 8.12. The second kappa shape index (κ2) is 8.67.